The first kappa shape index (κ1) is 18.5. The molecule has 144 valence electrons. The molecule has 4 rings (SSSR count). The molecule has 0 amide bonds. The molecule has 0 aliphatic heterocycles. The minimum atomic E-state index is 0.199. The SMILES string of the molecule is COc1cc2c(c(OC)c1OC)C1(CCCCC1)CC2Sc1ccccc1. The lowest BCUT2D eigenvalue weighted by Crippen LogP contribution is -2.27. The van der Waals surface area contributed by atoms with Crippen LogP contribution in [0.1, 0.15) is 54.9 Å². The van der Waals surface area contributed by atoms with Gasteiger partial charge in [-0.15, -0.1) is 11.8 Å². The van der Waals surface area contributed by atoms with Crippen molar-refractivity contribution in [1.29, 1.82) is 0 Å². The van der Waals surface area contributed by atoms with Gasteiger partial charge in [0.15, 0.2) is 11.5 Å². The van der Waals surface area contributed by atoms with Crippen molar-refractivity contribution in [2.75, 3.05) is 21.3 Å². The number of thioether (sulfide) groups is 1. The second-order valence-electron chi connectivity index (χ2n) is 7.57. The summed E-state index contributed by atoms with van der Waals surface area (Å²) < 4.78 is 17.3. The molecule has 0 radical (unpaired) electrons. The average molecular weight is 385 g/mol. The molecule has 4 heteroatoms. The van der Waals surface area contributed by atoms with Gasteiger partial charge in [0.1, 0.15) is 0 Å². The Morgan fingerprint density at radius 3 is 2.22 bits per heavy atom. The molecule has 2 aliphatic carbocycles. The number of methoxy groups -OCH3 is 3. The maximum atomic E-state index is 5.93. The molecule has 0 heterocycles. The molecule has 0 aromatic heterocycles. The van der Waals surface area contributed by atoms with Crippen LogP contribution in [-0.4, -0.2) is 21.3 Å². The Hall–Kier alpha value is -1.81. The third kappa shape index (κ3) is 3.18. The minimum absolute atomic E-state index is 0.199. The van der Waals surface area contributed by atoms with Crippen molar-refractivity contribution in [2.45, 2.75) is 54.1 Å². The summed E-state index contributed by atoms with van der Waals surface area (Å²) in [6, 6.07) is 12.9. The van der Waals surface area contributed by atoms with Gasteiger partial charge in [0, 0.05) is 21.1 Å². The van der Waals surface area contributed by atoms with E-state index >= 15 is 0 Å². The number of hydrogen-bond acceptors (Lipinski definition) is 4. The van der Waals surface area contributed by atoms with Gasteiger partial charge in [-0.1, -0.05) is 37.5 Å². The van der Waals surface area contributed by atoms with Crippen LogP contribution in [0.25, 0.3) is 0 Å². The van der Waals surface area contributed by atoms with Crippen molar-refractivity contribution in [3.8, 4) is 17.2 Å². The highest BCUT2D eigenvalue weighted by Crippen LogP contribution is 2.63. The quantitative estimate of drug-likeness (QED) is 0.618. The zero-order valence-corrected chi connectivity index (χ0v) is 17.2. The fourth-order valence-corrected chi connectivity index (χ4v) is 6.35. The van der Waals surface area contributed by atoms with E-state index in [1.165, 1.54) is 48.1 Å². The highest BCUT2D eigenvalue weighted by atomic mass is 32.2. The first-order chi connectivity index (χ1) is 13.2. The Kier molecular flexibility index (Phi) is 5.27. The summed E-state index contributed by atoms with van der Waals surface area (Å²) in [6.07, 6.45) is 7.55. The van der Waals surface area contributed by atoms with Crippen molar-refractivity contribution in [1.82, 2.24) is 0 Å². The van der Waals surface area contributed by atoms with Crippen molar-refractivity contribution in [3.63, 3.8) is 0 Å². The topological polar surface area (TPSA) is 27.7 Å². The molecule has 1 unspecified atom stereocenters. The molecule has 0 saturated heterocycles. The highest BCUT2D eigenvalue weighted by Gasteiger charge is 2.48. The number of rotatable bonds is 5. The maximum absolute atomic E-state index is 5.93. The molecule has 0 N–H and O–H groups in total. The van der Waals surface area contributed by atoms with E-state index in [1.807, 2.05) is 11.8 Å². The zero-order valence-electron chi connectivity index (χ0n) is 16.4. The van der Waals surface area contributed by atoms with Crippen molar-refractivity contribution < 1.29 is 14.2 Å². The third-order valence-electron chi connectivity index (χ3n) is 6.15. The van der Waals surface area contributed by atoms with E-state index in [4.69, 9.17) is 14.2 Å². The zero-order chi connectivity index (χ0) is 18.9. The Morgan fingerprint density at radius 2 is 1.59 bits per heavy atom. The van der Waals surface area contributed by atoms with Gasteiger partial charge in [-0.05, 0) is 43.0 Å². The summed E-state index contributed by atoms with van der Waals surface area (Å²) in [4.78, 5) is 1.31. The number of fused-ring (bicyclic) bond motifs is 2. The van der Waals surface area contributed by atoms with Crippen molar-refractivity contribution in [3.05, 3.63) is 47.5 Å². The van der Waals surface area contributed by atoms with Crippen LogP contribution in [0.2, 0.25) is 0 Å². The Morgan fingerprint density at radius 1 is 0.889 bits per heavy atom. The molecule has 2 aliphatic rings. The maximum Gasteiger partial charge on any atom is 0.203 e. The molecule has 3 nitrogen and oxygen atoms in total. The first-order valence-electron chi connectivity index (χ1n) is 9.77. The average Bonchev–Trinajstić information content (AvgIpc) is 3.00. The van der Waals surface area contributed by atoms with Gasteiger partial charge in [0.05, 0.1) is 21.3 Å². The van der Waals surface area contributed by atoms with Crippen LogP contribution in [0.4, 0.5) is 0 Å². The van der Waals surface area contributed by atoms with E-state index in [1.54, 1.807) is 21.3 Å². The molecule has 2 aromatic rings. The largest absolute Gasteiger partial charge is 0.493 e. The van der Waals surface area contributed by atoms with E-state index in [0.29, 0.717) is 5.25 Å². The van der Waals surface area contributed by atoms with Crippen LogP contribution in [0, 0.1) is 0 Å². The molecular weight excluding hydrogens is 356 g/mol. The van der Waals surface area contributed by atoms with E-state index in [9.17, 15) is 0 Å². The summed E-state index contributed by atoms with van der Waals surface area (Å²) in [5.41, 5.74) is 2.93. The minimum Gasteiger partial charge on any atom is -0.493 e. The standard InChI is InChI=1S/C23H28O3S/c1-24-18-14-17-19(27-16-10-6-4-7-11-16)15-23(12-8-5-9-13-23)20(17)22(26-3)21(18)25-2/h4,6-7,10-11,14,19H,5,8-9,12-13,15H2,1-3H3. The third-order valence-corrected chi connectivity index (χ3v) is 7.40. The molecule has 1 atom stereocenters. The van der Waals surface area contributed by atoms with Crippen molar-refractivity contribution >= 4 is 11.8 Å². The molecule has 1 saturated carbocycles. The van der Waals surface area contributed by atoms with Gasteiger partial charge in [-0.3, -0.25) is 0 Å². The summed E-state index contributed by atoms with van der Waals surface area (Å²) in [5, 5.41) is 0.411. The lowest BCUT2D eigenvalue weighted by Gasteiger charge is -2.36. The van der Waals surface area contributed by atoms with Gasteiger partial charge in [-0.2, -0.15) is 0 Å². The predicted molar refractivity (Wildman–Crippen MR) is 111 cm³/mol. The summed E-state index contributed by atoms with van der Waals surface area (Å²) in [7, 11) is 5.16. The van der Waals surface area contributed by atoms with E-state index < -0.39 is 0 Å². The Bertz CT molecular complexity index is 797. The molecule has 1 spiro atoms. The Balaban J connectivity index is 1.85. The van der Waals surface area contributed by atoms with Gasteiger partial charge in [-0.25, -0.2) is 0 Å². The summed E-state index contributed by atoms with van der Waals surface area (Å²) >= 11 is 1.96. The Labute approximate surface area is 166 Å². The molecular formula is C23H28O3S. The lowest BCUT2D eigenvalue weighted by atomic mass is 9.70. The predicted octanol–water partition coefficient (Wildman–Crippen LogP) is 6.15. The highest BCUT2D eigenvalue weighted by molar-refractivity contribution is 7.99. The van der Waals surface area contributed by atoms with Crippen LogP contribution in [-0.2, 0) is 5.41 Å². The van der Waals surface area contributed by atoms with E-state index in [0.717, 1.165) is 23.7 Å². The number of benzene rings is 2. The van der Waals surface area contributed by atoms with E-state index in [-0.39, 0.29) is 5.41 Å². The van der Waals surface area contributed by atoms with Crippen LogP contribution in [0.3, 0.4) is 0 Å². The molecule has 0 bridgehead atoms. The number of ether oxygens (including phenoxy) is 3. The van der Waals surface area contributed by atoms with Gasteiger partial charge < -0.3 is 14.2 Å². The van der Waals surface area contributed by atoms with Crippen LogP contribution in [0.5, 0.6) is 17.2 Å². The monoisotopic (exact) mass is 384 g/mol. The second kappa shape index (κ2) is 7.67. The molecule has 2 aromatic carbocycles. The fraction of sp³-hybridized carbons (Fsp3) is 0.478. The van der Waals surface area contributed by atoms with Crippen LogP contribution in [0.15, 0.2) is 41.3 Å². The van der Waals surface area contributed by atoms with Gasteiger partial charge in [0.25, 0.3) is 0 Å². The summed E-state index contributed by atoms with van der Waals surface area (Å²) in [6.45, 7) is 0. The second-order valence-corrected chi connectivity index (χ2v) is 8.85. The first-order valence-corrected chi connectivity index (χ1v) is 10.7. The molecule has 27 heavy (non-hydrogen) atoms. The fourth-order valence-electron chi connectivity index (χ4n) is 4.99. The van der Waals surface area contributed by atoms with Crippen molar-refractivity contribution in [2.24, 2.45) is 0 Å². The van der Waals surface area contributed by atoms with Gasteiger partial charge in [0.2, 0.25) is 5.75 Å². The number of hydrogen-bond donors (Lipinski definition) is 0. The normalized spacial score (nSPS) is 20.3. The van der Waals surface area contributed by atoms with Crippen LogP contribution >= 0.6 is 11.8 Å². The van der Waals surface area contributed by atoms with Gasteiger partial charge >= 0.3 is 0 Å². The smallest absolute Gasteiger partial charge is 0.203 e. The van der Waals surface area contributed by atoms with E-state index in [2.05, 4.69) is 36.4 Å². The lowest BCUT2D eigenvalue weighted by molar-refractivity contribution is 0.273. The summed E-state index contributed by atoms with van der Waals surface area (Å²) in [5.74, 6) is 2.37. The van der Waals surface area contributed by atoms with Crippen LogP contribution < -0.4 is 14.2 Å². The molecule has 1 fully saturated rings.